The highest BCUT2D eigenvalue weighted by Crippen LogP contribution is 2.47. The molecule has 7 heterocycles. The van der Waals surface area contributed by atoms with E-state index >= 15 is 0 Å². The number of piperazine rings is 1. The molecule has 6 aliphatic rings. The number of alkyl halides is 1. The monoisotopic (exact) mass is 670 g/mol. The van der Waals surface area contributed by atoms with E-state index in [-0.39, 0.29) is 51.2 Å². The molecule has 3 aromatic rings. The molecule has 3 N–H and O–H groups in total. The van der Waals surface area contributed by atoms with Crippen LogP contribution in [0.25, 0.3) is 22.0 Å². The lowest BCUT2D eigenvalue weighted by Gasteiger charge is -2.42. The van der Waals surface area contributed by atoms with Gasteiger partial charge in [0, 0.05) is 49.7 Å². The quantitative estimate of drug-likeness (QED) is 0.400. The molecule has 5 fully saturated rings. The average molecular weight is 671 g/mol. The van der Waals surface area contributed by atoms with Crippen LogP contribution in [0.5, 0.6) is 6.01 Å². The lowest BCUT2D eigenvalue weighted by atomic mass is 9.92. The van der Waals surface area contributed by atoms with Crippen molar-refractivity contribution >= 4 is 54.3 Å². The number of thiazole rings is 1. The van der Waals surface area contributed by atoms with Gasteiger partial charge in [-0.05, 0) is 69.7 Å². The zero-order valence-electron chi connectivity index (χ0n) is 25.3. The molecule has 4 saturated heterocycles. The van der Waals surface area contributed by atoms with Crippen molar-refractivity contribution in [1.29, 1.82) is 0 Å². The minimum Gasteiger partial charge on any atom is -0.461 e. The maximum atomic E-state index is 14.9. The van der Waals surface area contributed by atoms with E-state index in [2.05, 4.69) is 20.1 Å². The molecular formula is C31H36F2N8O3S2. The third kappa shape index (κ3) is 4.44. The van der Waals surface area contributed by atoms with Crippen LogP contribution in [0.3, 0.4) is 0 Å². The Morgan fingerprint density at radius 1 is 1.09 bits per heavy atom. The summed E-state index contributed by atoms with van der Waals surface area (Å²) in [5.41, 5.74) is 7.02. The first-order chi connectivity index (χ1) is 22.2. The zero-order chi connectivity index (χ0) is 31.4. The van der Waals surface area contributed by atoms with Crippen LogP contribution in [0.1, 0.15) is 62.6 Å². The smallest absolute Gasteiger partial charge is 0.319 e. The lowest BCUT2D eigenvalue weighted by Crippen LogP contribution is -2.52. The number of fused-ring (bicyclic) bond motifs is 5. The molecule has 9 rings (SSSR count). The Hall–Kier alpha value is -3.14. The normalized spacial score (nSPS) is 30.4. The van der Waals surface area contributed by atoms with Gasteiger partial charge in [-0.2, -0.15) is 9.97 Å². The maximum Gasteiger partial charge on any atom is 0.319 e. The first kappa shape index (κ1) is 29.0. The van der Waals surface area contributed by atoms with Crippen LogP contribution < -0.4 is 20.7 Å². The highest BCUT2D eigenvalue weighted by Gasteiger charge is 2.50. The summed E-state index contributed by atoms with van der Waals surface area (Å²) in [6.07, 6.45) is 7.43. The van der Waals surface area contributed by atoms with Crippen molar-refractivity contribution < 1.29 is 21.9 Å². The largest absolute Gasteiger partial charge is 0.461 e. The van der Waals surface area contributed by atoms with Gasteiger partial charge in [-0.25, -0.2) is 22.2 Å². The Morgan fingerprint density at radius 3 is 2.65 bits per heavy atom. The molecule has 1 saturated carbocycles. The third-order valence-electron chi connectivity index (χ3n) is 10.8. The van der Waals surface area contributed by atoms with Crippen molar-refractivity contribution in [3.63, 3.8) is 0 Å². The molecule has 2 aromatic heterocycles. The van der Waals surface area contributed by atoms with Crippen molar-refractivity contribution in [3.8, 4) is 6.01 Å². The highest BCUT2D eigenvalue weighted by atomic mass is 32.2. The van der Waals surface area contributed by atoms with E-state index in [1.807, 2.05) is 0 Å². The van der Waals surface area contributed by atoms with E-state index in [0.29, 0.717) is 61.5 Å². The number of benzene rings is 1. The summed E-state index contributed by atoms with van der Waals surface area (Å²) in [6.45, 7) is 2.70. The summed E-state index contributed by atoms with van der Waals surface area (Å²) in [4.78, 5) is 18.3. The Balaban J connectivity index is 1.21. The molecule has 46 heavy (non-hydrogen) atoms. The number of ether oxygens (including phenoxy) is 1. The first-order valence-electron chi connectivity index (χ1n) is 16.2. The number of nitrogens with zero attached hydrogens (tertiary/aromatic N) is 6. The number of nitrogens with two attached hydrogens (primary N) is 1. The maximum absolute atomic E-state index is 14.9. The number of rotatable bonds is 6. The van der Waals surface area contributed by atoms with Crippen LogP contribution >= 0.6 is 11.3 Å². The second-order valence-corrected chi connectivity index (χ2v) is 16.5. The van der Waals surface area contributed by atoms with Gasteiger partial charge in [-0.15, -0.1) is 0 Å². The highest BCUT2D eigenvalue weighted by molar-refractivity contribution is 7.89. The number of hydrogen-bond donors (Lipinski definition) is 2. The van der Waals surface area contributed by atoms with Gasteiger partial charge in [0.25, 0.3) is 10.0 Å². The fourth-order valence-corrected chi connectivity index (χ4v) is 11.3. The number of nitrogens with one attached hydrogen (secondary N) is 1. The van der Waals surface area contributed by atoms with E-state index in [9.17, 15) is 17.2 Å². The van der Waals surface area contributed by atoms with Gasteiger partial charge in [0.05, 0.1) is 27.1 Å². The molecule has 1 aliphatic carbocycles. The molecule has 0 radical (unpaired) electrons. The van der Waals surface area contributed by atoms with E-state index in [1.165, 1.54) is 10.4 Å². The Labute approximate surface area is 269 Å². The molecule has 1 aromatic carbocycles. The Kier molecular flexibility index (Phi) is 6.58. The molecule has 244 valence electrons. The number of aromatic nitrogens is 3. The van der Waals surface area contributed by atoms with E-state index in [4.69, 9.17) is 20.4 Å². The van der Waals surface area contributed by atoms with Crippen molar-refractivity contribution in [2.24, 2.45) is 0 Å². The molecule has 2 unspecified atom stereocenters. The summed E-state index contributed by atoms with van der Waals surface area (Å²) < 4.78 is 67.3. The second kappa shape index (κ2) is 10.4. The van der Waals surface area contributed by atoms with Gasteiger partial charge < -0.3 is 20.7 Å². The van der Waals surface area contributed by atoms with Crippen LogP contribution in [0.4, 0.5) is 19.7 Å². The molecule has 15 heteroatoms. The molecule has 5 aliphatic heterocycles. The number of nitrogen functional groups attached to an aromatic ring is 1. The minimum atomic E-state index is -4.16. The standard InChI is InChI=1S/C31H36F2N8O3S2/c32-17-12-31(9-2-10-40(31)13-17)16-44-30-36-23-11-24(21-7-8-22(33)26-25(21)37-29(34)45-26)41(20-3-1-4-20)46(42,43)27(23)28(38-30)39-14-18-5-6-19(15-39)35-18/h7-8,11,17-20,35H,1-6,9-10,12-16H2,(H2,34,37)/t17-,18?,19?,31+/m1/s1. The van der Waals surface area contributed by atoms with Crippen LogP contribution in [0.2, 0.25) is 0 Å². The fraction of sp³-hybridized carbons (Fsp3) is 0.581. The molecule has 2 bridgehead atoms. The van der Waals surface area contributed by atoms with E-state index in [0.717, 1.165) is 50.0 Å². The third-order valence-corrected chi connectivity index (χ3v) is 13.6. The van der Waals surface area contributed by atoms with Crippen LogP contribution in [-0.4, -0.2) is 95.2 Å². The summed E-state index contributed by atoms with van der Waals surface area (Å²) >= 11 is 1.03. The van der Waals surface area contributed by atoms with Gasteiger partial charge in [-0.3, -0.25) is 9.21 Å². The van der Waals surface area contributed by atoms with Crippen molar-refractivity contribution in [1.82, 2.24) is 29.5 Å². The number of sulfonamides is 1. The van der Waals surface area contributed by atoms with E-state index in [1.54, 1.807) is 12.1 Å². The predicted octanol–water partition coefficient (Wildman–Crippen LogP) is 3.76. The number of halogens is 2. The summed E-state index contributed by atoms with van der Waals surface area (Å²) in [7, 11) is -4.16. The van der Waals surface area contributed by atoms with E-state index < -0.39 is 27.6 Å². The summed E-state index contributed by atoms with van der Waals surface area (Å²) in [5.74, 6) is -0.116. The topological polar surface area (TPSA) is 130 Å². The second-order valence-electron chi connectivity index (χ2n) is 13.7. The fourth-order valence-electron chi connectivity index (χ4n) is 8.51. The zero-order valence-corrected chi connectivity index (χ0v) is 26.9. The van der Waals surface area contributed by atoms with Crippen molar-refractivity contribution in [3.05, 3.63) is 29.2 Å². The van der Waals surface area contributed by atoms with Gasteiger partial charge in [0.15, 0.2) is 15.8 Å². The first-order valence-corrected chi connectivity index (χ1v) is 18.5. The Morgan fingerprint density at radius 2 is 1.89 bits per heavy atom. The van der Waals surface area contributed by atoms with Crippen LogP contribution in [0, 0.1) is 5.82 Å². The van der Waals surface area contributed by atoms with Crippen LogP contribution in [0.15, 0.2) is 17.0 Å². The predicted molar refractivity (Wildman–Crippen MR) is 171 cm³/mol. The molecule has 4 atom stereocenters. The molecular weight excluding hydrogens is 635 g/mol. The van der Waals surface area contributed by atoms with Gasteiger partial charge >= 0.3 is 6.01 Å². The van der Waals surface area contributed by atoms with Gasteiger partial charge in [-0.1, -0.05) is 11.3 Å². The number of hydrogen-bond acceptors (Lipinski definition) is 11. The molecule has 0 spiro atoms. The lowest BCUT2D eigenvalue weighted by molar-refractivity contribution is 0.107. The minimum absolute atomic E-state index is 0.0679. The van der Waals surface area contributed by atoms with Crippen molar-refractivity contribution in [2.45, 2.75) is 86.1 Å². The molecule has 11 nitrogen and oxygen atoms in total. The SMILES string of the molecule is Nc1nc2c(C3=Cc4nc(OC[C@@]56CCCN5C[C@H](F)C6)nc(N5CC6CCC(C5)N6)c4S(=O)(=O)N3C3CCC3)ccc(F)c2s1. The molecule has 0 amide bonds. The Bertz CT molecular complexity index is 1870. The summed E-state index contributed by atoms with van der Waals surface area (Å²) in [6, 6.07) is 3.20. The van der Waals surface area contributed by atoms with Gasteiger partial charge in [0.2, 0.25) is 0 Å². The van der Waals surface area contributed by atoms with Crippen molar-refractivity contribution in [2.75, 3.05) is 43.4 Å². The average Bonchev–Trinajstić information content (AvgIpc) is 3.74. The van der Waals surface area contributed by atoms with Crippen LogP contribution in [-0.2, 0) is 10.0 Å². The number of anilines is 2. The van der Waals surface area contributed by atoms with Gasteiger partial charge in [0.1, 0.15) is 18.6 Å². The summed E-state index contributed by atoms with van der Waals surface area (Å²) in [5, 5.41) is 3.82.